The number of hydrogen-bond acceptors (Lipinski definition) is 3. The molecule has 3 nitrogen and oxygen atoms in total. The maximum absolute atomic E-state index is 10.8. The van der Waals surface area contributed by atoms with Crippen LogP contribution in [-0.2, 0) is 14.3 Å². The smallest absolute Gasteiger partial charge is 0.330 e. The highest BCUT2D eigenvalue weighted by molar-refractivity contribution is 5.81. The molecule has 2 atom stereocenters. The molecule has 0 aliphatic carbocycles. The molecule has 1 fully saturated rings. The van der Waals surface area contributed by atoms with E-state index in [0.29, 0.717) is 6.61 Å². The van der Waals surface area contributed by atoms with Crippen LogP contribution in [0, 0.1) is 0 Å². The fourth-order valence-corrected chi connectivity index (χ4v) is 0.761. The number of rotatable bonds is 3. The van der Waals surface area contributed by atoms with Crippen molar-refractivity contribution in [3.05, 3.63) is 12.2 Å². The van der Waals surface area contributed by atoms with E-state index in [1.165, 1.54) is 6.08 Å². The first-order valence-electron chi connectivity index (χ1n) is 3.69. The van der Waals surface area contributed by atoms with E-state index >= 15 is 0 Å². The van der Waals surface area contributed by atoms with E-state index in [4.69, 9.17) is 9.47 Å². The van der Waals surface area contributed by atoms with Gasteiger partial charge in [-0.25, -0.2) is 4.79 Å². The Morgan fingerprint density at radius 1 is 1.82 bits per heavy atom. The Kier molecular flexibility index (Phi) is 2.65. The largest absolute Gasteiger partial charge is 0.457 e. The lowest BCUT2D eigenvalue weighted by molar-refractivity contribution is -0.143. The summed E-state index contributed by atoms with van der Waals surface area (Å²) in [6.45, 7) is 4.32. The van der Waals surface area contributed by atoms with E-state index in [1.54, 1.807) is 13.0 Å². The lowest BCUT2D eigenvalue weighted by Crippen LogP contribution is -2.18. The lowest BCUT2D eigenvalue weighted by Gasteiger charge is -2.07. The minimum absolute atomic E-state index is 0.112. The van der Waals surface area contributed by atoms with Gasteiger partial charge in [0.2, 0.25) is 0 Å². The number of carbonyl (C=O) groups excluding carboxylic acids is 1. The predicted octanol–water partition coefficient (Wildman–Crippen LogP) is 0.893. The van der Waals surface area contributed by atoms with E-state index in [0.717, 1.165) is 0 Å². The number of hydrogen-bond donors (Lipinski definition) is 0. The van der Waals surface area contributed by atoms with Crippen LogP contribution < -0.4 is 0 Å². The molecule has 62 valence electrons. The molecule has 0 spiro atoms. The Morgan fingerprint density at radius 2 is 2.45 bits per heavy atom. The molecule has 0 saturated carbocycles. The lowest BCUT2D eigenvalue weighted by atomic mass is 10.3. The van der Waals surface area contributed by atoms with Gasteiger partial charge in [-0.2, -0.15) is 0 Å². The summed E-state index contributed by atoms with van der Waals surface area (Å²) < 4.78 is 9.91. The second kappa shape index (κ2) is 3.53. The second-order valence-corrected chi connectivity index (χ2v) is 2.51. The third-order valence-corrected chi connectivity index (χ3v) is 1.49. The van der Waals surface area contributed by atoms with Crippen molar-refractivity contribution in [2.45, 2.75) is 26.1 Å². The van der Waals surface area contributed by atoms with Crippen molar-refractivity contribution in [2.24, 2.45) is 0 Å². The highest BCUT2D eigenvalue weighted by Crippen LogP contribution is 2.16. The molecule has 1 rings (SSSR count). The van der Waals surface area contributed by atoms with Crippen LogP contribution in [0.25, 0.3) is 0 Å². The molecule has 0 amide bonds. The van der Waals surface area contributed by atoms with Crippen molar-refractivity contribution in [2.75, 3.05) is 6.61 Å². The first kappa shape index (κ1) is 8.27. The Hall–Kier alpha value is -0.830. The van der Waals surface area contributed by atoms with Gasteiger partial charge in [0.05, 0.1) is 6.61 Å². The summed E-state index contributed by atoms with van der Waals surface area (Å²) in [6.07, 6.45) is 3.07. The van der Waals surface area contributed by atoms with Crippen LogP contribution in [-0.4, -0.2) is 24.8 Å². The summed E-state index contributed by atoms with van der Waals surface area (Å²) in [7, 11) is 0. The second-order valence-electron chi connectivity index (χ2n) is 2.51. The van der Waals surface area contributed by atoms with Crippen molar-refractivity contribution in [3.8, 4) is 0 Å². The summed E-state index contributed by atoms with van der Waals surface area (Å²) in [4.78, 5) is 10.8. The summed E-state index contributed by atoms with van der Waals surface area (Å²) in [5.74, 6) is -0.296. The molecule has 0 radical (unpaired) electrons. The average molecular weight is 156 g/mol. The molecule has 0 aromatic carbocycles. The molecule has 1 heterocycles. The normalized spacial score (nSPS) is 25.1. The Morgan fingerprint density at radius 3 is 2.91 bits per heavy atom. The maximum atomic E-state index is 10.8. The number of carbonyl (C=O) groups is 1. The molecule has 1 aliphatic heterocycles. The molecule has 11 heavy (non-hydrogen) atoms. The molecule has 0 aromatic heterocycles. The monoisotopic (exact) mass is 156 g/mol. The van der Waals surface area contributed by atoms with Gasteiger partial charge in [0, 0.05) is 6.08 Å². The predicted molar refractivity (Wildman–Crippen MR) is 40.1 cm³/mol. The van der Waals surface area contributed by atoms with Gasteiger partial charge in [-0.15, -0.1) is 0 Å². The van der Waals surface area contributed by atoms with Crippen LogP contribution in [0.4, 0.5) is 0 Å². The third kappa shape index (κ3) is 2.72. The first-order chi connectivity index (χ1) is 5.24. The van der Waals surface area contributed by atoms with Crippen molar-refractivity contribution in [1.82, 2.24) is 0 Å². The van der Waals surface area contributed by atoms with E-state index in [2.05, 4.69) is 0 Å². The number of esters is 1. The molecule has 1 aliphatic rings. The van der Waals surface area contributed by atoms with Crippen LogP contribution in [0.2, 0.25) is 0 Å². The van der Waals surface area contributed by atoms with Crippen molar-refractivity contribution >= 4 is 5.97 Å². The molecule has 2 unspecified atom stereocenters. The summed E-state index contributed by atoms with van der Waals surface area (Å²) in [5.41, 5.74) is 0. The van der Waals surface area contributed by atoms with Crippen molar-refractivity contribution in [3.63, 3.8) is 0 Å². The maximum Gasteiger partial charge on any atom is 0.330 e. The zero-order valence-electron chi connectivity index (χ0n) is 6.74. The zero-order valence-corrected chi connectivity index (χ0v) is 6.74. The van der Waals surface area contributed by atoms with E-state index in [-0.39, 0.29) is 18.2 Å². The van der Waals surface area contributed by atoms with Crippen LogP contribution in [0.15, 0.2) is 12.2 Å². The summed E-state index contributed by atoms with van der Waals surface area (Å²) in [5, 5.41) is 0. The summed E-state index contributed by atoms with van der Waals surface area (Å²) in [6, 6.07) is 0. The molecule has 3 heteroatoms. The van der Waals surface area contributed by atoms with Gasteiger partial charge >= 0.3 is 5.97 Å². The number of allylic oxidation sites excluding steroid dienone is 1. The van der Waals surface area contributed by atoms with E-state index < -0.39 is 0 Å². The van der Waals surface area contributed by atoms with E-state index in [1.807, 2.05) is 6.92 Å². The fraction of sp³-hybridized carbons (Fsp3) is 0.625. The number of epoxide rings is 1. The zero-order chi connectivity index (χ0) is 8.27. The van der Waals surface area contributed by atoms with Gasteiger partial charge in [-0.05, 0) is 13.8 Å². The van der Waals surface area contributed by atoms with Gasteiger partial charge in [0.15, 0.2) is 0 Å². The standard InChI is InChI=1S/C8H12O3/c1-3-4-8(9)11-6(2)7-5-10-7/h3-4,6-7H,5H2,1-2H3/b4-3+. The fourth-order valence-electron chi connectivity index (χ4n) is 0.761. The molecular formula is C8H12O3. The van der Waals surface area contributed by atoms with Crippen molar-refractivity contribution < 1.29 is 14.3 Å². The van der Waals surface area contributed by atoms with Gasteiger partial charge in [-0.3, -0.25) is 0 Å². The van der Waals surface area contributed by atoms with Gasteiger partial charge in [-0.1, -0.05) is 6.08 Å². The summed E-state index contributed by atoms with van der Waals surface area (Å²) >= 11 is 0. The molecule has 1 saturated heterocycles. The Balaban J connectivity index is 2.22. The molecule has 0 aromatic rings. The first-order valence-corrected chi connectivity index (χ1v) is 3.69. The molecular weight excluding hydrogens is 144 g/mol. The van der Waals surface area contributed by atoms with Crippen LogP contribution in [0.5, 0.6) is 0 Å². The van der Waals surface area contributed by atoms with Gasteiger partial charge < -0.3 is 9.47 Å². The van der Waals surface area contributed by atoms with Crippen molar-refractivity contribution in [1.29, 1.82) is 0 Å². The molecule has 0 N–H and O–H groups in total. The minimum Gasteiger partial charge on any atom is -0.457 e. The SMILES string of the molecule is C/C=C/C(=O)OC(C)C1CO1. The minimum atomic E-state index is -0.296. The average Bonchev–Trinajstić information content (AvgIpc) is 2.67. The number of ether oxygens (including phenoxy) is 2. The highest BCUT2D eigenvalue weighted by Gasteiger charge is 2.31. The van der Waals surface area contributed by atoms with Crippen LogP contribution in [0.3, 0.4) is 0 Å². The Labute approximate surface area is 66.0 Å². The van der Waals surface area contributed by atoms with Crippen LogP contribution in [0.1, 0.15) is 13.8 Å². The van der Waals surface area contributed by atoms with Gasteiger partial charge in [0.25, 0.3) is 0 Å². The Bertz CT molecular complexity index is 170. The van der Waals surface area contributed by atoms with E-state index in [9.17, 15) is 4.79 Å². The highest BCUT2D eigenvalue weighted by atomic mass is 16.6. The van der Waals surface area contributed by atoms with Crippen LogP contribution >= 0.6 is 0 Å². The topological polar surface area (TPSA) is 38.8 Å². The third-order valence-electron chi connectivity index (χ3n) is 1.49. The van der Waals surface area contributed by atoms with Gasteiger partial charge in [0.1, 0.15) is 12.2 Å². The quantitative estimate of drug-likeness (QED) is 0.346. The molecule has 0 bridgehead atoms.